The lowest BCUT2D eigenvalue weighted by Gasteiger charge is -2.01. The van der Waals surface area contributed by atoms with Crippen molar-refractivity contribution in [2.45, 2.75) is 40.5 Å². The van der Waals surface area contributed by atoms with Gasteiger partial charge in [-0.05, 0) is 42.5 Å². The number of aromatic nitrogens is 1. The Kier molecular flexibility index (Phi) is 4.95. The van der Waals surface area contributed by atoms with E-state index in [0.717, 1.165) is 22.9 Å². The molecule has 2 rings (SSSR count). The molecule has 94 valence electrons. The van der Waals surface area contributed by atoms with Crippen LogP contribution in [0.3, 0.4) is 0 Å². The highest BCUT2D eigenvalue weighted by Gasteiger charge is 1.98. The summed E-state index contributed by atoms with van der Waals surface area (Å²) in [4.78, 5) is 14.2. The van der Waals surface area contributed by atoms with Crippen molar-refractivity contribution in [1.82, 2.24) is 4.98 Å². The van der Waals surface area contributed by atoms with Crippen LogP contribution in [0.2, 0.25) is 0 Å². The second-order valence-electron chi connectivity index (χ2n) is 4.26. The molecule has 0 aliphatic rings. The van der Waals surface area contributed by atoms with Crippen LogP contribution in [-0.4, -0.2) is 4.98 Å². The molecule has 0 spiro atoms. The number of pyridine rings is 1. The summed E-state index contributed by atoms with van der Waals surface area (Å²) in [6.07, 6.45) is 2.27. The monoisotopic (exact) mass is 233 g/mol. The van der Waals surface area contributed by atoms with Gasteiger partial charge in [-0.15, -0.1) is 0 Å². The average molecular weight is 233 g/mol. The maximum absolute atomic E-state index is 11.3. The van der Waals surface area contributed by atoms with E-state index in [1.807, 2.05) is 25.1 Å². The second kappa shape index (κ2) is 6.24. The van der Waals surface area contributed by atoms with Crippen LogP contribution in [0.5, 0.6) is 0 Å². The summed E-state index contributed by atoms with van der Waals surface area (Å²) >= 11 is 0. The Hall–Kier alpha value is -1.57. The fourth-order valence-electron chi connectivity index (χ4n) is 1.59. The first-order chi connectivity index (χ1) is 8.12. The van der Waals surface area contributed by atoms with E-state index in [1.165, 1.54) is 12.0 Å². The Balaban J connectivity index is 0.000000660. The number of fused-ring (bicyclic) bond motifs is 1. The first-order valence-electron chi connectivity index (χ1n) is 6.24. The highest BCUT2D eigenvalue weighted by atomic mass is 16.1. The normalized spacial score (nSPS) is 9.88. The average Bonchev–Trinajstić information content (AvgIpc) is 2.31. The number of rotatable bonds is 1. The summed E-state index contributed by atoms with van der Waals surface area (Å²) in [5.41, 5.74) is 2.98. The first-order valence-corrected chi connectivity index (χ1v) is 6.24. The van der Waals surface area contributed by atoms with Crippen molar-refractivity contribution in [3.63, 3.8) is 0 Å². The van der Waals surface area contributed by atoms with E-state index < -0.39 is 0 Å². The molecule has 0 unspecified atom stereocenters. The minimum Gasteiger partial charge on any atom is -0.322 e. The van der Waals surface area contributed by atoms with E-state index >= 15 is 0 Å². The third kappa shape index (κ3) is 3.45. The van der Waals surface area contributed by atoms with Gasteiger partial charge in [0.2, 0.25) is 0 Å². The molecule has 0 saturated heterocycles. The maximum Gasteiger partial charge on any atom is 0.251 e. The van der Waals surface area contributed by atoms with Crippen LogP contribution >= 0.6 is 0 Å². The molecule has 1 aromatic carbocycles. The molecule has 1 aromatic heterocycles. The Morgan fingerprint density at radius 1 is 1.18 bits per heavy atom. The molecule has 0 saturated carbocycles. The molecule has 17 heavy (non-hydrogen) atoms. The number of benzene rings is 1. The van der Waals surface area contributed by atoms with Crippen molar-refractivity contribution in [3.05, 3.63) is 45.7 Å². The van der Waals surface area contributed by atoms with E-state index in [1.54, 1.807) is 0 Å². The van der Waals surface area contributed by atoms with Crippen molar-refractivity contribution >= 4 is 10.9 Å². The number of aryl methyl sites for hydroxylation is 2. The Labute approximate surface area is 104 Å². The van der Waals surface area contributed by atoms with Crippen molar-refractivity contribution < 1.29 is 1.43 Å². The van der Waals surface area contributed by atoms with E-state index in [0.29, 0.717) is 0 Å². The number of nitrogens with one attached hydrogen (secondary N) is 1. The zero-order chi connectivity index (χ0) is 12.8. The van der Waals surface area contributed by atoms with Crippen LogP contribution in [0.4, 0.5) is 0 Å². The van der Waals surface area contributed by atoms with Gasteiger partial charge < -0.3 is 4.98 Å². The standard InChI is InChI=1S/C12H13NO.C3H8.H2/c1-3-9-4-5-11-10(7-9)6-8(2)12(14)13-11;1-3-2;/h4-7H,3H2,1-2H3,(H,13,14);3H2,1-2H3;1H. The maximum atomic E-state index is 11.3. The Bertz CT molecular complexity index is 546. The fraction of sp³-hybridized carbons (Fsp3) is 0.400. The quantitative estimate of drug-likeness (QED) is 0.791. The summed E-state index contributed by atoms with van der Waals surface area (Å²) in [5, 5.41) is 1.11. The Morgan fingerprint density at radius 3 is 2.41 bits per heavy atom. The minimum atomic E-state index is 0. The highest BCUT2D eigenvalue weighted by Crippen LogP contribution is 2.13. The molecule has 0 bridgehead atoms. The predicted octanol–water partition coefficient (Wildman–Crippen LogP) is 4.06. The molecule has 2 aromatic rings. The molecular formula is C15H23NO. The van der Waals surface area contributed by atoms with Gasteiger partial charge in [-0.2, -0.15) is 0 Å². The molecule has 0 amide bonds. The summed E-state index contributed by atoms with van der Waals surface area (Å²) in [6.45, 7) is 8.20. The van der Waals surface area contributed by atoms with Crippen LogP contribution < -0.4 is 5.56 Å². The fourth-order valence-corrected chi connectivity index (χ4v) is 1.59. The van der Waals surface area contributed by atoms with E-state index in [9.17, 15) is 4.79 Å². The van der Waals surface area contributed by atoms with E-state index in [-0.39, 0.29) is 6.99 Å². The number of H-pyrrole nitrogens is 1. The molecule has 0 atom stereocenters. The van der Waals surface area contributed by atoms with E-state index in [2.05, 4.69) is 31.8 Å². The zero-order valence-electron chi connectivity index (χ0n) is 11.1. The van der Waals surface area contributed by atoms with Gasteiger partial charge in [0, 0.05) is 12.5 Å². The summed E-state index contributed by atoms with van der Waals surface area (Å²) < 4.78 is 0. The SMILES string of the molecule is CCC.CCc1ccc2[nH]c(=O)c(C)cc2c1.[HH]. The molecule has 0 radical (unpaired) electrons. The topological polar surface area (TPSA) is 32.9 Å². The van der Waals surface area contributed by atoms with Gasteiger partial charge in [-0.3, -0.25) is 4.79 Å². The van der Waals surface area contributed by atoms with E-state index in [4.69, 9.17) is 0 Å². The van der Waals surface area contributed by atoms with Crippen LogP contribution in [0.15, 0.2) is 29.1 Å². The number of hydrogen-bond donors (Lipinski definition) is 1. The molecule has 0 aliphatic carbocycles. The second-order valence-corrected chi connectivity index (χ2v) is 4.26. The number of aromatic amines is 1. The molecule has 2 heteroatoms. The summed E-state index contributed by atoms with van der Waals surface area (Å²) in [6, 6.07) is 8.08. The zero-order valence-corrected chi connectivity index (χ0v) is 11.1. The lowest BCUT2D eigenvalue weighted by atomic mass is 10.1. The molecule has 1 heterocycles. The van der Waals surface area contributed by atoms with Gasteiger partial charge in [0.05, 0.1) is 0 Å². The van der Waals surface area contributed by atoms with Gasteiger partial charge in [-0.25, -0.2) is 0 Å². The smallest absolute Gasteiger partial charge is 0.251 e. The molecular weight excluding hydrogens is 210 g/mol. The van der Waals surface area contributed by atoms with Crippen molar-refractivity contribution in [1.29, 1.82) is 0 Å². The third-order valence-corrected chi connectivity index (χ3v) is 2.50. The van der Waals surface area contributed by atoms with Gasteiger partial charge in [-0.1, -0.05) is 33.3 Å². The molecule has 1 N–H and O–H groups in total. The van der Waals surface area contributed by atoms with Crippen LogP contribution in [0.25, 0.3) is 10.9 Å². The lowest BCUT2D eigenvalue weighted by molar-refractivity contribution is 1.09. The highest BCUT2D eigenvalue weighted by molar-refractivity contribution is 5.79. The summed E-state index contributed by atoms with van der Waals surface area (Å²) in [7, 11) is 0. The molecule has 0 fully saturated rings. The van der Waals surface area contributed by atoms with Crippen LogP contribution in [0, 0.1) is 6.92 Å². The van der Waals surface area contributed by atoms with Gasteiger partial charge in [0.15, 0.2) is 0 Å². The van der Waals surface area contributed by atoms with Crippen LogP contribution in [-0.2, 0) is 6.42 Å². The minimum absolute atomic E-state index is 0. The Morgan fingerprint density at radius 2 is 1.82 bits per heavy atom. The molecule has 0 aliphatic heterocycles. The van der Waals surface area contributed by atoms with Gasteiger partial charge in [0.25, 0.3) is 5.56 Å². The van der Waals surface area contributed by atoms with Crippen molar-refractivity contribution in [3.8, 4) is 0 Å². The first kappa shape index (κ1) is 13.5. The van der Waals surface area contributed by atoms with Crippen molar-refractivity contribution in [2.24, 2.45) is 0 Å². The molecule has 2 nitrogen and oxygen atoms in total. The third-order valence-electron chi connectivity index (χ3n) is 2.50. The largest absolute Gasteiger partial charge is 0.322 e. The lowest BCUT2D eigenvalue weighted by Crippen LogP contribution is -2.08. The van der Waals surface area contributed by atoms with Gasteiger partial charge in [0.1, 0.15) is 0 Å². The van der Waals surface area contributed by atoms with Crippen LogP contribution in [0.1, 0.15) is 39.7 Å². The van der Waals surface area contributed by atoms with Crippen molar-refractivity contribution in [2.75, 3.05) is 0 Å². The predicted molar refractivity (Wildman–Crippen MR) is 76.8 cm³/mol. The number of hydrogen-bond acceptors (Lipinski definition) is 1. The van der Waals surface area contributed by atoms with Gasteiger partial charge >= 0.3 is 0 Å². The summed E-state index contributed by atoms with van der Waals surface area (Å²) in [5.74, 6) is 0.